The van der Waals surface area contributed by atoms with E-state index in [0.29, 0.717) is 0 Å². The van der Waals surface area contributed by atoms with Crippen LogP contribution in [0.2, 0.25) is 0 Å². The number of rotatable bonds is 26. The lowest BCUT2D eigenvalue weighted by atomic mass is 10.0. The van der Waals surface area contributed by atoms with Gasteiger partial charge >= 0.3 is 0 Å². The fourth-order valence-electron chi connectivity index (χ4n) is 4.37. The molecule has 0 heterocycles. The molecule has 0 bridgehead atoms. The molecule has 30 heavy (non-hydrogen) atoms. The third-order valence-electron chi connectivity index (χ3n) is 6.51. The molecule has 0 aromatic carbocycles. The predicted octanol–water partition coefficient (Wildman–Crippen LogP) is 11.5. The van der Waals surface area contributed by atoms with E-state index in [-0.39, 0.29) is 0 Å². The number of unbranched alkanes of at least 4 members (excludes halogenated alkanes) is 24. The molecule has 0 fully saturated rings. The summed E-state index contributed by atoms with van der Waals surface area (Å²) >= 11 is 0. The van der Waals surface area contributed by atoms with E-state index in [4.69, 9.17) is 0 Å². The van der Waals surface area contributed by atoms with Crippen LogP contribution in [0, 0.1) is 6.92 Å². The van der Waals surface area contributed by atoms with Crippen molar-refractivity contribution in [2.24, 2.45) is 0 Å². The fourth-order valence-corrected chi connectivity index (χ4v) is 4.37. The molecule has 0 rings (SSSR count). The van der Waals surface area contributed by atoms with Crippen molar-refractivity contribution in [2.45, 2.75) is 174 Å². The monoisotopic (exact) mass is 419 g/mol. The van der Waals surface area contributed by atoms with Crippen LogP contribution in [0.15, 0.2) is 12.2 Å². The normalized spacial score (nSPS) is 11.7. The highest BCUT2D eigenvalue weighted by Gasteiger charge is 1.95. The maximum absolute atomic E-state index is 3.91. The Labute approximate surface area is 193 Å². The van der Waals surface area contributed by atoms with E-state index in [0.717, 1.165) is 6.42 Å². The molecule has 0 saturated carbocycles. The highest BCUT2D eigenvalue weighted by Crippen LogP contribution is 2.14. The van der Waals surface area contributed by atoms with E-state index in [1.807, 2.05) is 0 Å². The summed E-state index contributed by atoms with van der Waals surface area (Å²) in [5, 5.41) is 0. The van der Waals surface area contributed by atoms with Crippen LogP contribution in [-0.2, 0) is 0 Å². The van der Waals surface area contributed by atoms with Crippen LogP contribution in [0.4, 0.5) is 0 Å². The molecule has 0 N–H and O–H groups in total. The SMILES string of the molecule is [CH2]CCCCCCCCC=CCCCCCCCCCCCCCCCCCCC. The lowest BCUT2D eigenvalue weighted by Crippen LogP contribution is -1.83. The van der Waals surface area contributed by atoms with Gasteiger partial charge in [-0.2, -0.15) is 0 Å². The average molecular weight is 420 g/mol. The van der Waals surface area contributed by atoms with Gasteiger partial charge in [-0.1, -0.05) is 167 Å². The van der Waals surface area contributed by atoms with Crippen molar-refractivity contribution in [2.75, 3.05) is 0 Å². The lowest BCUT2D eigenvalue weighted by Gasteiger charge is -2.03. The molecular weight excluding hydrogens is 360 g/mol. The molecule has 0 aromatic rings. The Bertz CT molecular complexity index is 303. The smallest absolute Gasteiger partial charge is 0.0351 e. The van der Waals surface area contributed by atoms with Gasteiger partial charge in [0, 0.05) is 0 Å². The van der Waals surface area contributed by atoms with Crippen molar-refractivity contribution < 1.29 is 0 Å². The van der Waals surface area contributed by atoms with Crippen molar-refractivity contribution in [3.8, 4) is 0 Å². The molecule has 1 radical (unpaired) electrons. The maximum Gasteiger partial charge on any atom is -0.0351 e. The number of allylic oxidation sites excluding steroid dienone is 2. The second kappa shape index (κ2) is 28.7. The highest BCUT2D eigenvalue weighted by molar-refractivity contribution is 4.81. The van der Waals surface area contributed by atoms with Gasteiger partial charge in [0.2, 0.25) is 0 Å². The number of hydrogen-bond acceptors (Lipinski definition) is 0. The van der Waals surface area contributed by atoms with Gasteiger partial charge in [0.05, 0.1) is 0 Å². The third-order valence-corrected chi connectivity index (χ3v) is 6.51. The molecule has 0 saturated heterocycles. The molecule has 0 atom stereocenters. The molecule has 0 aliphatic heterocycles. The zero-order chi connectivity index (χ0) is 21.8. The molecular formula is C30H59. The van der Waals surface area contributed by atoms with E-state index < -0.39 is 0 Å². The zero-order valence-corrected chi connectivity index (χ0v) is 21.2. The van der Waals surface area contributed by atoms with Gasteiger partial charge in [-0.05, 0) is 25.7 Å². The molecule has 0 nitrogen and oxygen atoms in total. The molecule has 0 aliphatic carbocycles. The summed E-state index contributed by atoms with van der Waals surface area (Å²) in [6.45, 7) is 6.21. The molecule has 0 unspecified atom stereocenters. The van der Waals surface area contributed by atoms with Crippen LogP contribution < -0.4 is 0 Å². The van der Waals surface area contributed by atoms with Gasteiger partial charge in [0.25, 0.3) is 0 Å². The Morgan fingerprint density at radius 1 is 0.367 bits per heavy atom. The van der Waals surface area contributed by atoms with Crippen molar-refractivity contribution in [1.82, 2.24) is 0 Å². The standard InChI is InChI=1S/C30H59/c1-3-5-7-9-11-13-15-17-19-21-23-25-27-29-30-28-26-24-22-20-18-16-14-12-10-8-6-4-2/h19,21H,1,3-18,20,22-30H2,2H3. The van der Waals surface area contributed by atoms with Crippen LogP contribution in [0.3, 0.4) is 0 Å². The number of hydrogen-bond donors (Lipinski definition) is 0. The maximum atomic E-state index is 3.91. The van der Waals surface area contributed by atoms with Crippen molar-refractivity contribution >= 4 is 0 Å². The molecule has 0 amide bonds. The summed E-state index contributed by atoms with van der Waals surface area (Å²) in [5.41, 5.74) is 0. The van der Waals surface area contributed by atoms with Crippen LogP contribution in [0.1, 0.15) is 174 Å². The predicted molar refractivity (Wildman–Crippen MR) is 140 cm³/mol. The van der Waals surface area contributed by atoms with Crippen LogP contribution >= 0.6 is 0 Å². The summed E-state index contributed by atoms with van der Waals surface area (Å²) in [4.78, 5) is 0. The first kappa shape index (κ1) is 29.7. The van der Waals surface area contributed by atoms with E-state index >= 15 is 0 Å². The Morgan fingerprint density at radius 3 is 0.933 bits per heavy atom. The topological polar surface area (TPSA) is 0 Å². The minimum Gasteiger partial charge on any atom is -0.0885 e. The van der Waals surface area contributed by atoms with E-state index in [2.05, 4.69) is 26.0 Å². The van der Waals surface area contributed by atoms with E-state index in [1.165, 1.54) is 161 Å². The Balaban J connectivity index is 3.04. The molecule has 0 aromatic heterocycles. The van der Waals surface area contributed by atoms with Crippen molar-refractivity contribution in [1.29, 1.82) is 0 Å². The summed E-state index contributed by atoms with van der Waals surface area (Å²) < 4.78 is 0. The quantitative estimate of drug-likeness (QED) is 0.0965. The molecule has 0 spiro atoms. The van der Waals surface area contributed by atoms with Gasteiger partial charge in [-0.3, -0.25) is 0 Å². The van der Waals surface area contributed by atoms with Crippen molar-refractivity contribution in [3.05, 3.63) is 19.1 Å². The van der Waals surface area contributed by atoms with Gasteiger partial charge in [0.1, 0.15) is 0 Å². The summed E-state index contributed by atoms with van der Waals surface area (Å²) in [6.07, 6.45) is 41.8. The van der Waals surface area contributed by atoms with Gasteiger partial charge in [0.15, 0.2) is 0 Å². The fraction of sp³-hybridized carbons (Fsp3) is 0.900. The minimum atomic E-state index is 1.11. The molecule has 0 aliphatic rings. The van der Waals surface area contributed by atoms with Crippen molar-refractivity contribution in [3.63, 3.8) is 0 Å². The first-order valence-electron chi connectivity index (χ1n) is 14.4. The van der Waals surface area contributed by atoms with E-state index in [1.54, 1.807) is 0 Å². The Hall–Kier alpha value is -0.260. The van der Waals surface area contributed by atoms with Crippen LogP contribution in [0.5, 0.6) is 0 Å². The average Bonchev–Trinajstić information content (AvgIpc) is 2.76. The Kier molecular flexibility index (Phi) is 28.5. The third kappa shape index (κ3) is 27.7. The lowest BCUT2D eigenvalue weighted by molar-refractivity contribution is 0.527. The molecule has 179 valence electrons. The van der Waals surface area contributed by atoms with E-state index in [9.17, 15) is 0 Å². The summed E-state index contributed by atoms with van der Waals surface area (Å²) in [6, 6.07) is 0. The summed E-state index contributed by atoms with van der Waals surface area (Å²) in [5.74, 6) is 0. The van der Waals surface area contributed by atoms with Crippen LogP contribution in [-0.4, -0.2) is 0 Å². The minimum absolute atomic E-state index is 1.11. The second-order valence-corrected chi connectivity index (χ2v) is 9.68. The Morgan fingerprint density at radius 2 is 0.633 bits per heavy atom. The van der Waals surface area contributed by atoms with Gasteiger partial charge < -0.3 is 0 Å². The zero-order valence-electron chi connectivity index (χ0n) is 21.2. The first-order valence-corrected chi connectivity index (χ1v) is 14.4. The largest absolute Gasteiger partial charge is 0.0885 e. The molecule has 0 heteroatoms. The van der Waals surface area contributed by atoms with Gasteiger partial charge in [-0.15, -0.1) is 0 Å². The summed E-state index contributed by atoms with van der Waals surface area (Å²) in [7, 11) is 0. The second-order valence-electron chi connectivity index (χ2n) is 9.68. The van der Waals surface area contributed by atoms with Crippen LogP contribution in [0.25, 0.3) is 0 Å². The van der Waals surface area contributed by atoms with Gasteiger partial charge in [-0.25, -0.2) is 0 Å². The highest BCUT2D eigenvalue weighted by atomic mass is 14.0. The first-order chi connectivity index (χ1) is 14.9.